The topological polar surface area (TPSA) is 114 Å². The van der Waals surface area contributed by atoms with Crippen molar-refractivity contribution in [3.63, 3.8) is 0 Å². The van der Waals surface area contributed by atoms with Crippen LogP contribution in [0.4, 0.5) is 0 Å². The smallest absolute Gasteiger partial charge is 0.306 e. The highest BCUT2D eigenvalue weighted by Gasteiger charge is 2.27. The Hall–Kier alpha value is -3.33. The van der Waals surface area contributed by atoms with Crippen LogP contribution in [0.25, 0.3) is 0 Å². The van der Waals surface area contributed by atoms with Crippen LogP contribution in [0.3, 0.4) is 0 Å². The van der Waals surface area contributed by atoms with Crippen molar-refractivity contribution < 1.29 is 37.3 Å². The molecule has 3 atom stereocenters. The van der Waals surface area contributed by atoms with Gasteiger partial charge in [0.1, 0.15) is 19.3 Å². The number of likely N-dealkylation sites (N-methyl/N-ethyl adjacent to an activating group) is 1. The molecule has 1 amide bonds. The Balaban J connectivity index is 5.40. The Morgan fingerprint density at radius 2 is 0.855 bits per heavy atom. The number of quaternary nitrogens is 1. The normalized spacial score (nSPS) is 14.5. The molecule has 0 aliphatic carbocycles. The number of amides is 1. The van der Waals surface area contributed by atoms with Crippen molar-refractivity contribution in [3.8, 4) is 0 Å². The quantitative estimate of drug-likeness (QED) is 0.0212. The van der Waals surface area contributed by atoms with E-state index in [0.717, 1.165) is 89.9 Å². The van der Waals surface area contributed by atoms with Gasteiger partial charge in [-0.15, -0.1) is 0 Å². The molecule has 3 unspecified atom stereocenters. The van der Waals surface area contributed by atoms with Crippen molar-refractivity contribution in [2.24, 2.45) is 0 Å². The molecule has 0 bridgehead atoms. The van der Waals surface area contributed by atoms with Crippen LogP contribution in [0.2, 0.25) is 0 Å². The van der Waals surface area contributed by atoms with Gasteiger partial charge in [0.2, 0.25) is 5.91 Å². The van der Waals surface area contributed by atoms with Gasteiger partial charge in [-0.25, -0.2) is 0 Å². The third-order valence-corrected chi connectivity index (χ3v) is 13.9. The number of nitrogens with one attached hydrogen (secondary N) is 1. The number of hydrogen-bond donors (Lipinski definition) is 1. The van der Waals surface area contributed by atoms with Gasteiger partial charge < -0.3 is 28.5 Å². The predicted molar refractivity (Wildman–Crippen MR) is 325 cm³/mol. The van der Waals surface area contributed by atoms with E-state index < -0.39 is 26.6 Å². The third-order valence-electron chi connectivity index (χ3n) is 13.0. The van der Waals surface area contributed by atoms with Crippen molar-refractivity contribution >= 4 is 19.7 Å². The number of phosphoric ester groups is 1. The highest BCUT2D eigenvalue weighted by Crippen LogP contribution is 2.38. The van der Waals surface area contributed by atoms with E-state index in [1.165, 1.54) is 109 Å². The fourth-order valence-electron chi connectivity index (χ4n) is 8.22. The van der Waals surface area contributed by atoms with Crippen molar-refractivity contribution in [2.45, 2.75) is 258 Å². The number of allylic oxidation sites excluding steroid dienone is 17. The summed E-state index contributed by atoms with van der Waals surface area (Å²) in [6.45, 7) is 6.63. The zero-order valence-electron chi connectivity index (χ0n) is 49.7. The monoisotopic (exact) mass is 1080 g/mol. The lowest BCUT2D eigenvalue weighted by atomic mass is 10.0. The zero-order valence-corrected chi connectivity index (χ0v) is 50.6. The summed E-state index contributed by atoms with van der Waals surface area (Å²) in [7, 11) is 1.12. The highest BCUT2D eigenvalue weighted by molar-refractivity contribution is 7.45. The van der Waals surface area contributed by atoms with Gasteiger partial charge in [-0.3, -0.25) is 14.2 Å². The minimum atomic E-state index is -4.73. The molecule has 0 heterocycles. The summed E-state index contributed by atoms with van der Waals surface area (Å²) in [6.07, 6.45) is 75.0. The molecule has 0 aliphatic heterocycles. The van der Waals surface area contributed by atoms with Crippen molar-refractivity contribution in [1.82, 2.24) is 5.32 Å². The molecule has 0 radical (unpaired) electrons. The van der Waals surface area contributed by atoms with E-state index in [1.807, 2.05) is 45.4 Å². The molecule has 1 N–H and O–H groups in total. The first-order valence-corrected chi connectivity index (χ1v) is 32.2. The molecule has 9 nitrogen and oxygen atoms in total. The number of unbranched alkanes of at least 4 members (excludes halogenated alkanes) is 22. The Morgan fingerprint density at radius 1 is 0.474 bits per heavy atom. The molecule has 0 aromatic carbocycles. The number of rotatable bonds is 54. The van der Waals surface area contributed by atoms with Crippen LogP contribution >= 0.6 is 7.82 Å². The fraction of sp³-hybridized carbons (Fsp3) is 0.697. The average Bonchev–Trinajstić information content (AvgIpc) is 3.38. The van der Waals surface area contributed by atoms with E-state index in [1.54, 1.807) is 0 Å². The second-order valence-corrected chi connectivity index (χ2v) is 22.9. The largest absolute Gasteiger partial charge is 0.756 e. The van der Waals surface area contributed by atoms with E-state index in [4.69, 9.17) is 13.8 Å². The minimum Gasteiger partial charge on any atom is -0.756 e. The Bertz CT molecular complexity index is 1670. The van der Waals surface area contributed by atoms with Gasteiger partial charge in [0.05, 0.1) is 33.8 Å². The Morgan fingerprint density at radius 3 is 1.32 bits per heavy atom. The second kappa shape index (κ2) is 55.0. The highest BCUT2D eigenvalue weighted by atomic mass is 31.2. The Labute approximate surface area is 468 Å². The molecule has 436 valence electrons. The standard InChI is InChI=1S/C66H115N2O7P/c1-7-10-13-16-19-22-25-28-30-32-34-36-38-40-43-46-49-52-55-58-65(69)67-63(62-74-76(71,72)73-61-60-68(4,5)6)64(57-54-51-48-45-42-27-24-21-18-15-12-9-3)75-66(70)59-56-53-50-47-44-41-39-37-35-33-31-29-26-23-20-17-14-11-8-2/h10,13,19-20,22-23,28-31,34,36,40,43,49,52,54,57,63-64H,7-9,11-12,14-18,21,24-27,32-33,35,37-39,41-42,44-48,50-51,53,55-56,58-62H2,1-6H3,(H-,67,69,71,72)/b13-10-,22-19-,23-20-,30-28-,31-29-,36-34-,43-40-,52-49-,57-54+. The first kappa shape index (κ1) is 72.7. The number of ether oxygens (including phenoxy) is 1. The molecule has 0 saturated heterocycles. The molecule has 76 heavy (non-hydrogen) atoms. The van der Waals surface area contributed by atoms with Crippen LogP contribution in [-0.4, -0.2) is 69.4 Å². The lowest BCUT2D eigenvalue weighted by molar-refractivity contribution is -0.870. The summed E-state index contributed by atoms with van der Waals surface area (Å²) in [4.78, 5) is 39.9. The van der Waals surface area contributed by atoms with Crippen LogP contribution in [0.15, 0.2) is 109 Å². The van der Waals surface area contributed by atoms with Gasteiger partial charge in [-0.1, -0.05) is 240 Å². The van der Waals surface area contributed by atoms with Gasteiger partial charge in [0.25, 0.3) is 7.82 Å². The minimum absolute atomic E-state index is 0.0417. The van der Waals surface area contributed by atoms with Gasteiger partial charge in [0.15, 0.2) is 0 Å². The summed E-state index contributed by atoms with van der Waals surface area (Å²) in [5, 5.41) is 2.97. The van der Waals surface area contributed by atoms with E-state index in [-0.39, 0.29) is 31.3 Å². The molecule has 10 heteroatoms. The number of hydrogen-bond acceptors (Lipinski definition) is 7. The molecule has 0 rings (SSSR count). The number of esters is 1. The van der Waals surface area contributed by atoms with Crippen LogP contribution < -0.4 is 10.2 Å². The number of nitrogens with zero attached hydrogens (tertiary/aromatic N) is 1. The van der Waals surface area contributed by atoms with Crippen LogP contribution in [0.5, 0.6) is 0 Å². The van der Waals surface area contributed by atoms with Gasteiger partial charge >= 0.3 is 5.97 Å². The van der Waals surface area contributed by atoms with Gasteiger partial charge in [-0.05, 0) is 102 Å². The van der Waals surface area contributed by atoms with E-state index >= 15 is 0 Å². The molecular formula is C66H115N2O7P. The lowest BCUT2D eigenvalue weighted by Crippen LogP contribution is -2.47. The second-order valence-electron chi connectivity index (χ2n) is 21.5. The maximum atomic E-state index is 13.5. The van der Waals surface area contributed by atoms with Crippen molar-refractivity contribution in [1.29, 1.82) is 0 Å². The Kier molecular flexibility index (Phi) is 52.6. The molecule has 0 aromatic heterocycles. The van der Waals surface area contributed by atoms with Crippen LogP contribution in [0, 0.1) is 0 Å². The molecule has 0 fully saturated rings. The maximum Gasteiger partial charge on any atom is 0.306 e. The molecule has 0 saturated carbocycles. The SMILES string of the molecule is CC/C=C\C/C=C\C/C=C\C/C=C\C/C=C\C/C=C\CCC(=O)NC(COP(=O)([O-])OCC[N+](C)(C)C)C(/C=C/CCCCCCCCCCCC)OC(=O)CCCCCCCCCCC/C=C\C/C=C\CCCCC. The molecule has 0 spiro atoms. The van der Waals surface area contributed by atoms with Crippen molar-refractivity contribution in [2.75, 3.05) is 40.9 Å². The zero-order chi connectivity index (χ0) is 55.7. The summed E-state index contributed by atoms with van der Waals surface area (Å²) < 4.78 is 30.2. The number of carbonyl (C=O) groups excluding carboxylic acids is 2. The van der Waals surface area contributed by atoms with Crippen LogP contribution in [-0.2, 0) is 27.9 Å². The summed E-state index contributed by atoms with van der Waals surface area (Å²) >= 11 is 0. The number of phosphoric acid groups is 1. The summed E-state index contributed by atoms with van der Waals surface area (Å²) in [5.74, 6) is -0.649. The van der Waals surface area contributed by atoms with E-state index in [2.05, 4.69) is 111 Å². The van der Waals surface area contributed by atoms with E-state index in [0.29, 0.717) is 23.9 Å². The predicted octanol–water partition coefficient (Wildman–Crippen LogP) is 18.3. The fourth-order valence-corrected chi connectivity index (χ4v) is 8.94. The van der Waals surface area contributed by atoms with Gasteiger partial charge in [0, 0.05) is 12.8 Å². The van der Waals surface area contributed by atoms with E-state index in [9.17, 15) is 19.0 Å². The average molecular weight is 1080 g/mol. The lowest BCUT2D eigenvalue weighted by Gasteiger charge is -2.30. The summed E-state index contributed by atoms with van der Waals surface area (Å²) in [5.41, 5.74) is 0. The first-order chi connectivity index (χ1) is 36.9. The molecule has 0 aliphatic rings. The number of carbonyl (C=O) groups is 2. The molecular weight excluding hydrogens is 964 g/mol. The summed E-state index contributed by atoms with van der Waals surface area (Å²) in [6, 6.07) is -0.937. The third kappa shape index (κ3) is 55.4. The van der Waals surface area contributed by atoms with Gasteiger partial charge in [-0.2, -0.15) is 0 Å². The van der Waals surface area contributed by atoms with Crippen LogP contribution in [0.1, 0.15) is 245 Å². The van der Waals surface area contributed by atoms with Crippen molar-refractivity contribution in [3.05, 3.63) is 109 Å². The maximum absolute atomic E-state index is 13.5. The molecule has 0 aromatic rings. The first-order valence-electron chi connectivity index (χ1n) is 30.7.